The second-order valence-corrected chi connectivity index (χ2v) is 4.60. The zero-order chi connectivity index (χ0) is 14.5. The highest BCUT2D eigenvalue weighted by molar-refractivity contribution is 7.80. The number of rotatable bonds is 5. The van der Waals surface area contributed by atoms with Crippen molar-refractivity contribution in [3.05, 3.63) is 41.7 Å². The number of aryl methyl sites for hydroxylation is 1. The molecule has 2 rings (SSSR count). The lowest BCUT2D eigenvalue weighted by Gasteiger charge is -2.11. The van der Waals surface area contributed by atoms with Crippen LogP contribution < -0.4 is 15.8 Å². The lowest BCUT2D eigenvalue weighted by Crippen LogP contribution is -2.13. The maximum atomic E-state index is 5.70. The minimum absolute atomic E-state index is 0.305. The summed E-state index contributed by atoms with van der Waals surface area (Å²) in [5.74, 6) is 1.22. The Kier molecular flexibility index (Phi) is 4.47. The summed E-state index contributed by atoms with van der Waals surface area (Å²) < 4.78 is 5.30. The van der Waals surface area contributed by atoms with Crippen molar-refractivity contribution in [3.63, 3.8) is 0 Å². The van der Waals surface area contributed by atoms with Crippen molar-refractivity contribution in [3.8, 4) is 5.88 Å². The van der Waals surface area contributed by atoms with E-state index in [9.17, 15) is 0 Å². The molecule has 0 spiro atoms. The van der Waals surface area contributed by atoms with Gasteiger partial charge in [0.1, 0.15) is 10.8 Å². The van der Waals surface area contributed by atoms with Crippen molar-refractivity contribution in [1.29, 1.82) is 0 Å². The highest BCUT2D eigenvalue weighted by Gasteiger charge is 2.08. The predicted octanol–water partition coefficient (Wildman–Crippen LogP) is 2.56. The molecule has 5 nitrogen and oxygen atoms in total. The third-order valence-electron chi connectivity index (χ3n) is 2.59. The monoisotopic (exact) mass is 288 g/mol. The quantitative estimate of drug-likeness (QED) is 0.824. The molecule has 0 saturated carbocycles. The molecule has 2 aromatic heterocycles. The van der Waals surface area contributed by atoms with E-state index in [1.165, 1.54) is 0 Å². The van der Waals surface area contributed by atoms with E-state index in [-0.39, 0.29) is 0 Å². The summed E-state index contributed by atoms with van der Waals surface area (Å²) in [7, 11) is 0. The Labute approximate surface area is 123 Å². The number of aromatic nitrogens is 2. The Hall–Kier alpha value is -2.21. The van der Waals surface area contributed by atoms with Crippen molar-refractivity contribution in [1.82, 2.24) is 9.97 Å². The number of hydrogen-bond acceptors (Lipinski definition) is 5. The SMILES string of the molecule is CCOc1ccc(Nc2nc(C)ccc2C(N)=S)cn1. The minimum Gasteiger partial charge on any atom is -0.478 e. The van der Waals surface area contributed by atoms with Gasteiger partial charge in [0.05, 0.1) is 24.1 Å². The van der Waals surface area contributed by atoms with Crippen LogP contribution in [0.5, 0.6) is 5.88 Å². The van der Waals surface area contributed by atoms with E-state index in [1.807, 2.05) is 32.0 Å². The average molecular weight is 288 g/mol. The van der Waals surface area contributed by atoms with E-state index in [2.05, 4.69) is 15.3 Å². The number of nitrogens with zero attached hydrogens (tertiary/aromatic N) is 2. The number of hydrogen-bond donors (Lipinski definition) is 2. The largest absolute Gasteiger partial charge is 0.478 e. The Morgan fingerprint density at radius 1 is 1.35 bits per heavy atom. The number of anilines is 2. The summed E-state index contributed by atoms with van der Waals surface area (Å²) in [6, 6.07) is 7.39. The predicted molar refractivity (Wildman–Crippen MR) is 83.6 cm³/mol. The molecule has 2 heterocycles. The van der Waals surface area contributed by atoms with Gasteiger partial charge in [-0.3, -0.25) is 0 Å². The molecule has 0 aliphatic rings. The zero-order valence-corrected chi connectivity index (χ0v) is 12.2. The summed E-state index contributed by atoms with van der Waals surface area (Å²) in [6.45, 7) is 4.41. The van der Waals surface area contributed by atoms with Gasteiger partial charge < -0.3 is 15.8 Å². The van der Waals surface area contributed by atoms with E-state index in [0.717, 1.165) is 11.4 Å². The zero-order valence-electron chi connectivity index (χ0n) is 11.4. The first kappa shape index (κ1) is 14.2. The number of nitrogens with two attached hydrogens (primary N) is 1. The highest BCUT2D eigenvalue weighted by Crippen LogP contribution is 2.20. The molecule has 104 valence electrons. The molecule has 0 aliphatic carbocycles. The van der Waals surface area contributed by atoms with Crippen LogP contribution in [-0.2, 0) is 0 Å². The maximum Gasteiger partial charge on any atom is 0.213 e. The van der Waals surface area contributed by atoms with Gasteiger partial charge in [-0.05, 0) is 32.0 Å². The number of pyridine rings is 2. The first-order chi connectivity index (χ1) is 9.60. The summed E-state index contributed by atoms with van der Waals surface area (Å²) in [5, 5.41) is 3.17. The average Bonchev–Trinajstić information content (AvgIpc) is 2.41. The number of nitrogens with one attached hydrogen (secondary N) is 1. The summed E-state index contributed by atoms with van der Waals surface area (Å²) >= 11 is 5.03. The molecule has 0 aromatic carbocycles. The van der Waals surface area contributed by atoms with Gasteiger partial charge in [0, 0.05) is 11.8 Å². The summed E-state index contributed by atoms with van der Waals surface area (Å²) in [4.78, 5) is 8.90. The maximum absolute atomic E-state index is 5.70. The molecule has 0 unspecified atom stereocenters. The standard InChI is InChI=1S/C14H16N4OS/c1-3-19-12-7-5-10(8-16-12)18-14-11(13(15)20)6-4-9(2)17-14/h4-8H,3H2,1-2H3,(H2,15,20)(H,17,18). The van der Waals surface area contributed by atoms with Crippen LogP contribution in [0.15, 0.2) is 30.5 Å². The molecule has 20 heavy (non-hydrogen) atoms. The molecule has 0 radical (unpaired) electrons. The van der Waals surface area contributed by atoms with Crippen LogP contribution in [0.25, 0.3) is 0 Å². The fourth-order valence-corrected chi connectivity index (χ4v) is 1.84. The first-order valence-corrected chi connectivity index (χ1v) is 6.64. The van der Waals surface area contributed by atoms with Gasteiger partial charge in [-0.15, -0.1) is 0 Å². The second-order valence-electron chi connectivity index (χ2n) is 4.16. The van der Waals surface area contributed by atoms with E-state index in [1.54, 1.807) is 12.3 Å². The van der Waals surface area contributed by atoms with E-state index >= 15 is 0 Å². The van der Waals surface area contributed by atoms with Crippen molar-refractivity contribution >= 4 is 28.7 Å². The van der Waals surface area contributed by atoms with Crippen LogP contribution in [0.1, 0.15) is 18.2 Å². The first-order valence-electron chi connectivity index (χ1n) is 6.23. The van der Waals surface area contributed by atoms with Crippen molar-refractivity contribution in [2.75, 3.05) is 11.9 Å². The topological polar surface area (TPSA) is 73.1 Å². The normalized spacial score (nSPS) is 10.1. The molecule has 3 N–H and O–H groups in total. The Morgan fingerprint density at radius 2 is 2.15 bits per heavy atom. The van der Waals surface area contributed by atoms with Crippen LogP contribution in [0.2, 0.25) is 0 Å². The second kappa shape index (κ2) is 6.29. The molecular formula is C14H16N4OS. The van der Waals surface area contributed by atoms with Crippen LogP contribution in [0.4, 0.5) is 11.5 Å². The fourth-order valence-electron chi connectivity index (χ4n) is 1.68. The van der Waals surface area contributed by atoms with Gasteiger partial charge in [0.25, 0.3) is 0 Å². The van der Waals surface area contributed by atoms with Crippen molar-refractivity contribution < 1.29 is 4.74 Å². The molecule has 6 heteroatoms. The Morgan fingerprint density at radius 3 is 2.75 bits per heavy atom. The molecule has 2 aromatic rings. The summed E-state index contributed by atoms with van der Waals surface area (Å²) in [6.07, 6.45) is 1.68. The van der Waals surface area contributed by atoms with E-state index in [0.29, 0.717) is 28.9 Å². The van der Waals surface area contributed by atoms with Gasteiger partial charge in [0.2, 0.25) is 5.88 Å². The van der Waals surface area contributed by atoms with Gasteiger partial charge in [-0.2, -0.15) is 0 Å². The highest BCUT2D eigenvalue weighted by atomic mass is 32.1. The molecule has 0 atom stereocenters. The molecule has 0 fully saturated rings. The van der Waals surface area contributed by atoms with Crippen molar-refractivity contribution in [2.24, 2.45) is 5.73 Å². The van der Waals surface area contributed by atoms with E-state index < -0.39 is 0 Å². The Bertz CT molecular complexity index is 613. The van der Waals surface area contributed by atoms with Gasteiger partial charge >= 0.3 is 0 Å². The number of ether oxygens (including phenoxy) is 1. The lowest BCUT2D eigenvalue weighted by atomic mass is 10.2. The third kappa shape index (κ3) is 3.42. The van der Waals surface area contributed by atoms with Crippen LogP contribution in [0, 0.1) is 6.92 Å². The third-order valence-corrected chi connectivity index (χ3v) is 2.81. The smallest absolute Gasteiger partial charge is 0.213 e. The molecular weight excluding hydrogens is 272 g/mol. The molecule has 0 amide bonds. The molecule has 0 saturated heterocycles. The lowest BCUT2D eigenvalue weighted by molar-refractivity contribution is 0.327. The summed E-state index contributed by atoms with van der Waals surface area (Å²) in [5.41, 5.74) is 8.08. The number of thiocarbonyl (C=S) groups is 1. The van der Waals surface area contributed by atoms with Crippen LogP contribution in [0.3, 0.4) is 0 Å². The van der Waals surface area contributed by atoms with E-state index in [4.69, 9.17) is 22.7 Å². The molecule has 0 bridgehead atoms. The Balaban J connectivity index is 2.25. The van der Waals surface area contributed by atoms with Gasteiger partial charge in [0.15, 0.2) is 0 Å². The molecule has 0 aliphatic heterocycles. The fraction of sp³-hybridized carbons (Fsp3) is 0.214. The van der Waals surface area contributed by atoms with Crippen LogP contribution in [-0.4, -0.2) is 21.6 Å². The van der Waals surface area contributed by atoms with Gasteiger partial charge in [-0.25, -0.2) is 9.97 Å². The van der Waals surface area contributed by atoms with Crippen LogP contribution >= 0.6 is 12.2 Å². The minimum atomic E-state index is 0.305. The van der Waals surface area contributed by atoms with Gasteiger partial charge in [-0.1, -0.05) is 12.2 Å². The van der Waals surface area contributed by atoms with Crippen molar-refractivity contribution in [2.45, 2.75) is 13.8 Å².